The second kappa shape index (κ2) is 5.37. The predicted octanol–water partition coefficient (Wildman–Crippen LogP) is 3.85. The van der Waals surface area contributed by atoms with Gasteiger partial charge in [0, 0.05) is 0 Å². The molecule has 0 saturated carbocycles. The van der Waals surface area contributed by atoms with Gasteiger partial charge in [-0.15, -0.1) is 0 Å². The third kappa shape index (κ3) is 3.10. The molecule has 0 amide bonds. The van der Waals surface area contributed by atoms with Crippen molar-refractivity contribution in [3.05, 3.63) is 52.3 Å². The number of hydrogen-bond acceptors (Lipinski definition) is 1. The highest BCUT2D eigenvalue weighted by molar-refractivity contribution is 6.29. The van der Waals surface area contributed by atoms with E-state index in [1.165, 1.54) is 11.1 Å². The van der Waals surface area contributed by atoms with Gasteiger partial charge in [-0.05, 0) is 25.0 Å². The Kier molecular flexibility index (Phi) is 3.85. The van der Waals surface area contributed by atoms with Crippen molar-refractivity contribution in [1.82, 2.24) is 9.78 Å². The fourth-order valence-corrected chi connectivity index (χ4v) is 2.14. The average Bonchev–Trinajstić information content (AvgIpc) is 2.60. The van der Waals surface area contributed by atoms with Gasteiger partial charge in [0.25, 0.3) is 0 Å². The minimum absolute atomic E-state index is 0.718. The van der Waals surface area contributed by atoms with Gasteiger partial charge in [-0.1, -0.05) is 54.8 Å². The van der Waals surface area contributed by atoms with E-state index in [9.17, 15) is 0 Å². The number of hydrogen-bond donors (Lipinski definition) is 0. The van der Waals surface area contributed by atoms with E-state index in [4.69, 9.17) is 11.6 Å². The molecular weight excluding hydrogens is 232 g/mol. The molecule has 0 spiro atoms. The number of nitrogens with zero attached hydrogens (tertiary/aromatic N) is 2. The second-order valence-corrected chi connectivity index (χ2v) is 4.74. The maximum atomic E-state index is 6.17. The molecule has 1 aromatic carbocycles. The zero-order valence-corrected chi connectivity index (χ0v) is 11.0. The van der Waals surface area contributed by atoms with Crippen molar-refractivity contribution < 1.29 is 0 Å². The number of aryl methyl sites for hydroxylation is 2. The molecule has 0 N–H and O–H groups in total. The van der Waals surface area contributed by atoms with Crippen LogP contribution in [0.4, 0.5) is 0 Å². The van der Waals surface area contributed by atoms with Crippen LogP contribution in [0.1, 0.15) is 30.2 Å². The molecule has 0 atom stereocenters. The van der Waals surface area contributed by atoms with Crippen LogP contribution in [0.2, 0.25) is 5.15 Å². The molecule has 1 aromatic heterocycles. The van der Waals surface area contributed by atoms with Crippen molar-refractivity contribution in [1.29, 1.82) is 0 Å². The van der Waals surface area contributed by atoms with E-state index in [2.05, 4.69) is 43.2 Å². The molecule has 3 heteroatoms. The van der Waals surface area contributed by atoms with Gasteiger partial charge in [0.2, 0.25) is 0 Å². The molecule has 90 valence electrons. The maximum Gasteiger partial charge on any atom is 0.127 e. The van der Waals surface area contributed by atoms with Crippen LogP contribution >= 0.6 is 11.6 Å². The van der Waals surface area contributed by atoms with Crippen molar-refractivity contribution in [2.75, 3.05) is 0 Å². The molecule has 0 unspecified atom stereocenters. The fraction of sp³-hybridized carbons (Fsp3) is 0.357. The number of halogens is 1. The molecule has 2 nitrogen and oxygen atoms in total. The minimum Gasteiger partial charge on any atom is -0.249 e. The topological polar surface area (TPSA) is 17.8 Å². The van der Waals surface area contributed by atoms with E-state index in [0.717, 1.165) is 30.2 Å². The molecule has 0 aliphatic carbocycles. The minimum atomic E-state index is 0.718. The quantitative estimate of drug-likeness (QED) is 0.804. The van der Waals surface area contributed by atoms with Gasteiger partial charge in [0.15, 0.2) is 0 Å². The zero-order chi connectivity index (χ0) is 12.3. The summed E-state index contributed by atoms with van der Waals surface area (Å²) in [5.74, 6) is 0. The van der Waals surface area contributed by atoms with Crippen LogP contribution in [0.3, 0.4) is 0 Å². The molecule has 0 saturated heterocycles. The Bertz CT molecular complexity index is 503. The smallest absolute Gasteiger partial charge is 0.127 e. The molecule has 17 heavy (non-hydrogen) atoms. The Labute approximate surface area is 107 Å². The van der Waals surface area contributed by atoms with Crippen molar-refractivity contribution in [3.8, 4) is 0 Å². The van der Waals surface area contributed by atoms with Crippen LogP contribution < -0.4 is 0 Å². The lowest BCUT2D eigenvalue weighted by atomic mass is 10.1. The lowest BCUT2D eigenvalue weighted by Crippen LogP contribution is -2.02. The monoisotopic (exact) mass is 248 g/mol. The number of rotatable bonds is 4. The Morgan fingerprint density at radius 1 is 1.29 bits per heavy atom. The third-order valence-electron chi connectivity index (χ3n) is 2.70. The summed E-state index contributed by atoms with van der Waals surface area (Å²) >= 11 is 6.17. The molecule has 0 aliphatic rings. The van der Waals surface area contributed by atoms with Crippen LogP contribution in [0.25, 0.3) is 0 Å². The lowest BCUT2D eigenvalue weighted by molar-refractivity contribution is 0.668. The summed E-state index contributed by atoms with van der Waals surface area (Å²) < 4.78 is 1.86. The van der Waals surface area contributed by atoms with Crippen LogP contribution in [0, 0.1) is 6.92 Å². The van der Waals surface area contributed by atoms with Gasteiger partial charge in [-0.25, -0.2) is 4.68 Å². The summed E-state index contributed by atoms with van der Waals surface area (Å²) in [5.41, 5.74) is 3.57. The van der Waals surface area contributed by atoms with E-state index < -0.39 is 0 Å². The molecule has 0 radical (unpaired) electrons. The van der Waals surface area contributed by atoms with Crippen LogP contribution in [-0.2, 0) is 13.0 Å². The second-order valence-electron chi connectivity index (χ2n) is 4.36. The highest BCUT2D eigenvalue weighted by Crippen LogP contribution is 2.15. The molecule has 0 bridgehead atoms. The first-order valence-electron chi connectivity index (χ1n) is 5.97. The average molecular weight is 249 g/mol. The molecule has 0 aliphatic heterocycles. The van der Waals surface area contributed by atoms with Gasteiger partial charge in [-0.3, -0.25) is 0 Å². The van der Waals surface area contributed by atoms with Crippen molar-refractivity contribution in [3.63, 3.8) is 0 Å². The SMILES string of the molecule is CCCc1cc(Cl)n(Cc2cccc(C)c2)n1. The Morgan fingerprint density at radius 2 is 2.12 bits per heavy atom. The Hall–Kier alpha value is -1.28. The Balaban J connectivity index is 2.18. The maximum absolute atomic E-state index is 6.17. The normalized spacial score (nSPS) is 10.8. The van der Waals surface area contributed by atoms with Gasteiger partial charge < -0.3 is 0 Å². The first-order valence-corrected chi connectivity index (χ1v) is 6.34. The van der Waals surface area contributed by atoms with Crippen LogP contribution in [0.15, 0.2) is 30.3 Å². The van der Waals surface area contributed by atoms with Crippen molar-refractivity contribution >= 4 is 11.6 Å². The van der Waals surface area contributed by atoms with Crippen molar-refractivity contribution in [2.45, 2.75) is 33.2 Å². The molecule has 2 aromatic rings. The first kappa shape index (κ1) is 12.2. The van der Waals surface area contributed by atoms with Gasteiger partial charge in [0.05, 0.1) is 12.2 Å². The lowest BCUT2D eigenvalue weighted by Gasteiger charge is -2.04. The van der Waals surface area contributed by atoms with Gasteiger partial charge >= 0.3 is 0 Å². The van der Waals surface area contributed by atoms with E-state index in [1.807, 2.05) is 10.7 Å². The van der Waals surface area contributed by atoms with Crippen LogP contribution in [-0.4, -0.2) is 9.78 Å². The number of aromatic nitrogens is 2. The van der Waals surface area contributed by atoms with E-state index >= 15 is 0 Å². The summed E-state index contributed by atoms with van der Waals surface area (Å²) in [6.07, 6.45) is 2.08. The third-order valence-corrected chi connectivity index (χ3v) is 3.01. The molecule has 0 fully saturated rings. The van der Waals surface area contributed by atoms with E-state index in [1.54, 1.807) is 0 Å². The highest BCUT2D eigenvalue weighted by atomic mass is 35.5. The van der Waals surface area contributed by atoms with E-state index in [0.29, 0.717) is 0 Å². The van der Waals surface area contributed by atoms with Gasteiger partial charge in [0.1, 0.15) is 5.15 Å². The molecule has 2 rings (SSSR count). The Morgan fingerprint density at radius 3 is 2.82 bits per heavy atom. The predicted molar refractivity (Wildman–Crippen MR) is 71.5 cm³/mol. The molecule has 1 heterocycles. The summed E-state index contributed by atoms with van der Waals surface area (Å²) in [7, 11) is 0. The summed E-state index contributed by atoms with van der Waals surface area (Å²) in [6.45, 7) is 4.98. The fourth-order valence-electron chi connectivity index (χ4n) is 1.92. The first-order chi connectivity index (χ1) is 8.19. The van der Waals surface area contributed by atoms with Crippen LogP contribution in [0.5, 0.6) is 0 Å². The largest absolute Gasteiger partial charge is 0.249 e. The summed E-state index contributed by atoms with van der Waals surface area (Å²) in [6, 6.07) is 10.4. The molecular formula is C14H17ClN2. The highest BCUT2D eigenvalue weighted by Gasteiger charge is 2.05. The summed E-state index contributed by atoms with van der Waals surface area (Å²) in [4.78, 5) is 0. The van der Waals surface area contributed by atoms with Gasteiger partial charge in [-0.2, -0.15) is 5.10 Å². The zero-order valence-electron chi connectivity index (χ0n) is 10.3. The van der Waals surface area contributed by atoms with E-state index in [-0.39, 0.29) is 0 Å². The summed E-state index contributed by atoms with van der Waals surface area (Å²) in [5, 5.41) is 5.23. The number of benzene rings is 1. The standard InChI is InChI=1S/C14H17ClN2/c1-3-5-13-9-14(15)17(16-13)10-12-7-4-6-11(2)8-12/h4,6-9H,3,5,10H2,1-2H3. The van der Waals surface area contributed by atoms with Crippen molar-refractivity contribution in [2.24, 2.45) is 0 Å².